The molecule has 1 atom stereocenters. The van der Waals surface area contributed by atoms with E-state index < -0.39 is 6.10 Å². The summed E-state index contributed by atoms with van der Waals surface area (Å²) in [6.45, 7) is 4.52. The van der Waals surface area contributed by atoms with Gasteiger partial charge in [-0.1, -0.05) is 13.8 Å². The lowest BCUT2D eigenvalue weighted by atomic mass is 9.71. The van der Waals surface area contributed by atoms with Gasteiger partial charge in [0.05, 0.1) is 19.6 Å². The number of aliphatic hydroxyl groups is 1. The minimum absolute atomic E-state index is 0.140. The van der Waals surface area contributed by atoms with Gasteiger partial charge in [-0.15, -0.1) is 0 Å². The fourth-order valence-corrected chi connectivity index (χ4v) is 2.23. The minimum atomic E-state index is -0.520. The first-order chi connectivity index (χ1) is 6.94. The second kappa shape index (κ2) is 4.97. The lowest BCUT2D eigenvalue weighted by Gasteiger charge is -2.36. The molecule has 0 aromatic rings. The smallest absolute Gasteiger partial charge is 0.308 e. The van der Waals surface area contributed by atoms with E-state index in [9.17, 15) is 9.90 Å². The quantitative estimate of drug-likeness (QED) is 0.732. The van der Waals surface area contributed by atoms with Gasteiger partial charge in [0.25, 0.3) is 0 Å². The van der Waals surface area contributed by atoms with Crippen LogP contribution in [0.5, 0.6) is 0 Å². The predicted octanol–water partition coefficient (Wildman–Crippen LogP) is 2.13. The van der Waals surface area contributed by atoms with Gasteiger partial charge in [0.1, 0.15) is 0 Å². The van der Waals surface area contributed by atoms with Crippen LogP contribution in [-0.4, -0.2) is 24.3 Å². The van der Waals surface area contributed by atoms with Crippen LogP contribution in [0.15, 0.2) is 0 Å². The Labute approximate surface area is 91.8 Å². The maximum atomic E-state index is 11.0. The largest absolute Gasteiger partial charge is 0.469 e. The Morgan fingerprint density at radius 1 is 1.47 bits per heavy atom. The molecule has 0 bridgehead atoms. The Bertz CT molecular complexity index is 213. The fourth-order valence-electron chi connectivity index (χ4n) is 2.23. The normalized spacial score (nSPS) is 23.5. The van der Waals surface area contributed by atoms with Crippen molar-refractivity contribution in [1.82, 2.24) is 0 Å². The molecule has 1 fully saturated rings. The summed E-state index contributed by atoms with van der Waals surface area (Å²) >= 11 is 0. The highest BCUT2D eigenvalue weighted by Gasteiger charge is 2.31. The molecule has 1 saturated carbocycles. The molecule has 0 aliphatic heterocycles. The molecule has 1 rings (SSSR count). The van der Waals surface area contributed by atoms with Gasteiger partial charge in [0.2, 0.25) is 0 Å². The molecule has 3 nitrogen and oxygen atoms in total. The highest BCUT2D eigenvalue weighted by molar-refractivity contribution is 5.69. The fraction of sp³-hybridized carbons (Fsp3) is 0.917. The average Bonchev–Trinajstić information content (AvgIpc) is 2.17. The van der Waals surface area contributed by atoms with Crippen molar-refractivity contribution in [3.8, 4) is 0 Å². The summed E-state index contributed by atoms with van der Waals surface area (Å²) in [6, 6.07) is 0. The van der Waals surface area contributed by atoms with Crippen molar-refractivity contribution in [1.29, 1.82) is 0 Å². The van der Waals surface area contributed by atoms with E-state index >= 15 is 0 Å². The molecular formula is C12H22O3. The molecule has 0 aromatic heterocycles. The lowest BCUT2D eigenvalue weighted by molar-refractivity contribution is -0.143. The maximum Gasteiger partial charge on any atom is 0.308 e. The van der Waals surface area contributed by atoms with Gasteiger partial charge in [-0.3, -0.25) is 4.79 Å². The highest BCUT2D eigenvalue weighted by atomic mass is 16.5. The van der Waals surface area contributed by atoms with Gasteiger partial charge in [-0.05, 0) is 37.0 Å². The first kappa shape index (κ1) is 12.5. The first-order valence-electron chi connectivity index (χ1n) is 5.69. The molecule has 1 aliphatic rings. The summed E-state index contributed by atoms with van der Waals surface area (Å²) in [7, 11) is 1.36. The summed E-state index contributed by atoms with van der Waals surface area (Å²) in [5.74, 6) is -0.0375. The number of hydrogen-bond acceptors (Lipinski definition) is 3. The standard InChI is InChI=1S/C12H22O3/c1-12(2)6-4-9(5-7-12)10(13)8-11(14)15-3/h9-10,13H,4-8H2,1-3H3/t10-/m1/s1. The Hall–Kier alpha value is -0.570. The number of methoxy groups -OCH3 is 1. The van der Waals surface area contributed by atoms with E-state index in [0.29, 0.717) is 5.41 Å². The van der Waals surface area contributed by atoms with E-state index in [1.54, 1.807) is 0 Å². The monoisotopic (exact) mass is 214 g/mol. The molecule has 0 spiro atoms. The van der Waals surface area contributed by atoms with Crippen LogP contribution in [0.2, 0.25) is 0 Å². The van der Waals surface area contributed by atoms with Gasteiger partial charge in [-0.25, -0.2) is 0 Å². The third-order valence-corrected chi connectivity index (χ3v) is 3.53. The summed E-state index contributed by atoms with van der Waals surface area (Å²) in [5, 5.41) is 9.84. The lowest BCUT2D eigenvalue weighted by Crippen LogP contribution is -2.30. The van der Waals surface area contributed by atoms with E-state index in [1.807, 2.05) is 0 Å². The molecule has 0 saturated heterocycles. The van der Waals surface area contributed by atoms with Crippen LogP contribution >= 0.6 is 0 Å². The van der Waals surface area contributed by atoms with Crippen molar-refractivity contribution < 1.29 is 14.6 Å². The van der Waals surface area contributed by atoms with E-state index in [0.717, 1.165) is 25.7 Å². The number of carbonyl (C=O) groups is 1. The van der Waals surface area contributed by atoms with Crippen LogP contribution in [0.1, 0.15) is 46.0 Å². The third kappa shape index (κ3) is 3.82. The van der Waals surface area contributed by atoms with E-state index in [1.165, 1.54) is 7.11 Å². The van der Waals surface area contributed by atoms with E-state index in [-0.39, 0.29) is 18.3 Å². The molecule has 15 heavy (non-hydrogen) atoms. The molecule has 0 unspecified atom stereocenters. The second-order valence-corrected chi connectivity index (χ2v) is 5.35. The SMILES string of the molecule is COC(=O)C[C@@H](O)C1CCC(C)(C)CC1. The maximum absolute atomic E-state index is 11.0. The Morgan fingerprint density at radius 3 is 2.47 bits per heavy atom. The van der Waals surface area contributed by atoms with Crippen LogP contribution in [0, 0.1) is 11.3 Å². The highest BCUT2D eigenvalue weighted by Crippen LogP contribution is 2.39. The molecule has 1 aliphatic carbocycles. The van der Waals surface area contributed by atoms with Crippen molar-refractivity contribution in [2.75, 3.05) is 7.11 Å². The van der Waals surface area contributed by atoms with E-state index in [4.69, 9.17) is 0 Å². The molecule has 0 aromatic carbocycles. The average molecular weight is 214 g/mol. The van der Waals surface area contributed by atoms with Crippen LogP contribution in [0.25, 0.3) is 0 Å². The van der Waals surface area contributed by atoms with Crippen LogP contribution in [-0.2, 0) is 9.53 Å². The van der Waals surface area contributed by atoms with Gasteiger partial charge in [0.15, 0.2) is 0 Å². The Morgan fingerprint density at radius 2 is 2.00 bits per heavy atom. The zero-order valence-electron chi connectivity index (χ0n) is 9.95. The summed E-state index contributed by atoms with van der Waals surface area (Å²) < 4.78 is 4.55. The van der Waals surface area contributed by atoms with Gasteiger partial charge in [0, 0.05) is 0 Å². The Balaban J connectivity index is 2.36. The number of esters is 1. The molecule has 88 valence electrons. The number of carbonyl (C=O) groups excluding carboxylic acids is 1. The van der Waals surface area contributed by atoms with Crippen LogP contribution < -0.4 is 0 Å². The predicted molar refractivity (Wildman–Crippen MR) is 58.4 cm³/mol. The molecule has 0 heterocycles. The van der Waals surface area contributed by atoms with Crippen molar-refractivity contribution in [3.05, 3.63) is 0 Å². The number of hydrogen-bond donors (Lipinski definition) is 1. The molecule has 0 radical (unpaired) electrons. The van der Waals surface area contributed by atoms with Crippen LogP contribution in [0.4, 0.5) is 0 Å². The minimum Gasteiger partial charge on any atom is -0.469 e. The van der Waals surface area contributed by atoms with Gasteiger partial charge in [-0.2, -0.15) is 0 Å². The zero-order chi connectivity index (χ0) is 11.5. The van der Waals surface area contributed by atoms with Gasteiger partial charge < -0.3 is 9.84 Å². The first-order valence-corrected chi connectivity index (χ1v) is 5.69. The second-order valence-electron chi connectivity index (χ2n) is 5.35. The molecule has 3 heteroatoms. The molecular weight excluding hydrogens is 192 g/mol. The number of rotatable bonds is 3. The van der Waals surface area contributed by atoms with Gasteiger partial charge >= 0.3 is 5.97 Å². The van der Waals surface area contributed by atoms with Crippen molar-refractivity contribution in [2.45, 2.75) is 52.1 Å². The summed E-state index contributed by atoms with van der Waals surface area (Å²) in [6.07, 6.45) is 3.93. The van der Waals surface area contributed by atoms with Crippen LogP contribution in [0.3, 0.4) is 0 Å². The topological polar surface area (TPSA) is 46.5 Å². The van der Waals surface area contributed by atoms with Crippen molar-refractivity contribution >= 4 is 5.97 Å². The summed E-state index contributed by atoms with van der Waals surface area (Å²) in [4.78, 5) is 11.0. The summed E-state index contributed by atoms with van der Waals surface area (Å²) in [5.41, 5.74) is 0.404. The molecule has 1 N–H and O–H groups in total. The number of aliphatic hydroxyl groups excluding tert-OH is 1. The van der Waals surface area contributed by atoms with Crippen molar-refractivity contribution in [3.63, 3.8) is 0 Å². The van der Waals surface area contributed by atoms with Crippen molar-refractivity contribution in [2.24, 2.45) is 11.3 Å². The third-order valence-electron chi connectivity index (χ3n) is 3.53. The Kier molecular flexibility index (Phi) is 4.14. The zero-order valence-corrected chi connectivity index (χ0v) is 9.95. The molecule has 0 amide bonds. The van der Waals surface area contributed by atoms with E-state index in [2.05, 4.69) is 18.6 Å². The number of ether oxygens (including phenoxy) is 1.